The van der Waals surface area contributed by atoms with Crippen molar-refractivity contribution in [3.63, 3.8) is 0 Å². The fourth-order valence-corrected chi connectivity index (χ4v) is 0. The van der Waals surface area contributed by atoms with Gasteiger partial charge in [-0.2, -0.15) is 0 Å². The van der Waals surface area contributed by atoms with Gasteiger partial charge in [-0.3, -0.25) is 0 Å². The zero-order valence-electron chi connectivity index (χ0n) is 3.96. The summed E-state index contributed by atoms with van der Waals surface area (Å²) in [7, 11) is -4.86. The van der Waals surface area contributed by atoms with Gasteiger partial charge in [0.25, 0.3) is 0 Å². The van der Waals surface area contributed by atoms with E-state index in [2.05, 4.69) is 0 Å². The molecule has 0 atom stereocenters. The van der Waals surface area contributed by atoms with Crippen LogP contribution in [0.15, 0.2) is 0 Å². The van der Waals surface area contributed by atoms with Gasteiger partial charge in [0.15, 0.2) is 0 Å². The summed E-state index contributed by atoms with van der Waals surface area (Å²) in [4.78, 5) is 30.6. The Morgan fingerprint density at radius 3 is 1.14 bits per heavy atom. The Kier molecular flexibility index (Phi) is 11.6. The van der Waals surface area contributed by atoms with Gasteiger partial charge in [0.2, 0.25) is 0 Å². The maximum absolute atomic E-state index is 8.91. The predicted molar refractivity (Wildman–Crippen MR) is 17.4 cm³/mol. The SMILES string of the molecule is N.[Na+].[O-][Si](O)(O)O. The molecule has 5 nitrogen and oxygen atoms in total. The molecule has 6 N–H and O–H groups in total. The second-order valence-corrected chi connectivity index (χ2v) is 1.72. The minimum absolute atomic E-state index is 0. The molecule has 0 aliphatic rings. The summed E-state index contributed by atoms with van der Waals surface area (Å²) < 4.78 is 0. The largest absolute Gasteiger partial charge is 1.00 e. The van der Waals surface area contributed by atoms with Crippen LogP contribution >= 0.6 is 0 Å². The predicted octanol–water partition coefficient (Wildman–Crippen LogP) is -6.07. The Bertz CT molecular complexity index is 27.2. The molecule has 0 aliphatic carbocycles. The summed E-state index contributed by atoms with van der Waals surface area (Å²) in [6.07, 6.45) is 0. The Morgan fingerprint density at radius 1 is 1.14 bits per heavy atom. The molecule has 0 spiro atoms. The smallest absolute Gasteiger partial charge is 0.794 e. The van der Waals surface area contributed by atoms with Gasteiger partial charge in [-0.25, -0.2) is 0 Å². The Balaban J connectivity index is -0.0000000800. The van der Waals surface area contributed by atoms with E-state index in [-0.39, 0.29) is 35.7 Å². The van der Waals surface area contributed by atoms with Crippen LogP contribution in [0.5, 0.6) is 0 Å². The third-order valence-electron chi connectivity index (χ3n) is 0. The molecule has 0 radical (unpaired) electrons. The summed E-state index contributed by atoms with van der Waals surface area (Å²) in [5.74, 6) is 0. The molecule has 0 rings (SSSR count). The second-order valence-electron chi connectivity index (χ2n) is 0.574. The maximum atomic E-state index is 8.91. The first-order valence-corrected chi connectivity index (χ1v) is 2.62. The first kappa shape index (κ1) is 15.7. The van der Waals surface area contributed by atoms with E-state index >= 15 is 0 Å². The first-order chi connectivity index (χ1) is 2.00. The molecule has 0 heterocycles. The molecule has 0 bridgehead atoms. The van der Waals surface area contributed by atoms with Crippen molar-refractivity contribution < 1.29 is 48.7 Å². The summed E-state index contributed by atoms with van der Waals surface area (Å²) in [6, 6.07) is 0. The van der Waals surface area contributed by atoms with Crippen LogP contribution in [0.3, 0.4) is 0 Å². The fourth-order valence-electron chi connectivity index (χ4n) is 0. The van der Waals surface area contributed by atoms with Crippen molar-refractivity contribution in [1.82, 2.24) is 6.15 Å². The van der Waals surface area contributed by atoms with Crippen LogP contribution in [0.1, 0.15) is 0 Å². The van der Waals surface area contributed by atoms with Gasteiger partial charge in [-0.05, 0) is 0 Å². The van der Waals surface area contributed by atoms with E-state index in [4.69, 9.17) is 19.2 Å². The molecule has 40 valence electrons. The molecule has 0 saturated heterocycles. The Morgan fingerprint density at radius 2 is 1.14 bits per heavy atom. The van der Waals surface area contributed by atoms with Gasteiger partial charge in [0.1, 0.15) is 0 Å². The molecule has 0 fully saturated rings. The molecule has 0 saturated carbocycles. The maximum Gasteiger partial charge on any atom is 1.00 e. The van der Waals surface area contributed by atoms with Gasteiger partial charge >= 0.3 is 38.6 Å². The van der Waals surface area contributed by atoms with E-state index < -0.39 is 9.05 Å². The van der Waals surface area contributed by atoms with E-state index in [1.54, 1.807) is 0 Å². The van der Waals surface area contributed by atoms with Crippen molar-refractivity contribution in [2.24, 2.45) is 0 Å². The summed E-state index contributed by atoms with van der Waals surface area (Å²) in [5.41, 5.74) is 0. The second kappa shape index (κ2) is 5.16. The van der Waals surface area contributed by atoms with Gasteiger partial charge in [-0.1, -0.05) is 0 Å². The molecule has 0 unspecified atom stereocenters. The molecule has 0 aromatic rings. The summed E-state index contributed by atoms with van der Waals surface area (Å²) in [5, 5.41) is 0. The van der Waals surface area contributed by atoms with Crippen LogP contribution in [0, 0.1) is 0 Å². The van der Waals surface area contributed by atoms with Gasteiger partial charge in [0, 0.05) is 0 Å². The number of hydrogen-bond acceptors (Lipinski definition) is 5. The molecular weight excluding hydrogens is 129 g/mol. The monoisotopic (exact) mass is 135 g/mol. The van der Waals surface area contributed by atoms with E-state index in [0.717, 1.165) is 0 Å². The zero-order chi connectivity index (χ0) is 4.50. The standard InChI is InChI=1S/H3N.Na.H3O4Si/c;;1-5(2,3)4/h1H3;;1-3H/q;+1;-1. The average Bonchev–Trinajstić information content (AvgIpc) is 0.722. The Labute approximate surface area is 64.0 Å². The van der Waals surface area contributed by atoms with E-state index in [0.29, 0.717) is 0 Å². The molecule has 7 heavy (non-hydrogen) atoms. The van der Waals surface area contributed by atoms with Crippen molar-refractivity contribution in [3.05, 3.63) is 0 Å². The van der Waals surface area contributed by atoms with E-state index in [1.807, 2.05) is 0 Å². The normalized spacial score (nSPS) is 8.57. The minimum Gasteiger partial charge on any atom is -0.794 e. The topological polar surface area (TPSA) is 119 Å². The molecular formula is H6NNaO4Si. The van der Waals surface area contributed by atoms with Crippen molar-refractivity contribution in [2.45, 2.75) is 0 Å². The van der Waals surface area contributed by atoms with Crippen molar-refractivity contribution in [3.8, 4) is 0 Å². The van der Waals surface area contributed by atoms with Crippen LogP contribution in [-0.4, -0.2) is 23.4 Å². The molecule has 0 aliphatic heterocycles. The van der Waals surface area contributed by atoms with E-state index in [1.165, 1.54) is 0 Å². The number of hydrogen-bond donors (Lipinski definition) is 4. The van der Waals surface area contributed by atoms with Crippen LogP contribution in [0.25, 0.3) is 0 Å². The van der Waals surface area contributed by atoms with Crippen molar-refractivity contribution >= 4 is 9.05 Å². The van der Waals surface area contributed by atoms with Crippen LogP contribution < -0.4 is 40.5 Å². The van der Waals surface area contributed by atoms with Crippen LogP contribution in [0.2, 0.25) is 0 Å². The molecule has 0 aromatic heterocycles. The van der Waals surface area contributed by atoms with E-state index in [9.17, 15) is 0 Å². The fraction of sp³-hybridized carbons (Fsp3) is 0. The van der Waals surface area contributed by atoms with Gasteiger partial charge < -0.3 is 25.3 Å². The minimum atomic E-state index is -4.86. The number of rotatable bonds is 0. The summed E-state index contributed by atoms with van der Waals surface area (Å²) in [6.45, 7) is 0. The third kappa shape index (κ3) is 171. The Hall–Kier alpha value is 1.02. The van der Waals surface area contributed by atoms with Crippen molar-refractivity contribution in [2.75, 3.05) is 0 Å². The van der Waals surface area contributed by atoms with Crippen molar-refractivity contribution in [1.29, 1.82) is 0 Å². The summed E-state index contributed by atoms with van der Waals surface area (Å²) >= 11 is 0. The third-order valence-corrected chi connectivity index (χ3v) is 0. The molecule has 0 amide bonds. The average molecular weight is 135 g/mol. The zero-order valence-corrected chi connectivity index (χ0v) is 6.96. The van der Waals surface area contributed by atoms with Gasteiger partial charge in [0.05, 0.1) is 0 Å². The molecule has 7 heteroatoms. The van der Waals surface area contributed by atoms with Crippen LogP contribution in [-0.2, 0) is 0 Å². The van der Waals surface area contributed by atoms with Gasteiger partial charge in [-0.15, -0.1) is 0 Å². The van der Waals surface area contributed by atoms with Crippen LogP contribution in [0.4, 0.5) is 0 Å². The quantitative estimate of drug-likeness (QED) is 0.246. The first-order valence-electron chi connectivity index (χ1n) is 0.875. The molecule has 0 aromatic carbocycles.